The third-order valence-corrected chi connectivity index (χ3v) is 8.54. The van der Waals surface area contributed by atoms with Gasteiger partial charge in [0.25, 0.3) is 5.75 Å². The summed E-state index contributed by atoms with van der Waals surface area (Å²) in [6, 6.07) is 38.7. The Morgan fingerprint density at radius 1 is 0.569 bits per heavy atom. The zero-order chi connectivity index (χ0) is 35.4. The smallest absolute Gasteiger partial charge is 0.254 e. The summed E-state index contributed by atoms with van der Waals surface area (Å²) in [5.74, 6) is 1.66. The second-order valence-corrected chi connectivity index (χ2v) is 11.7. The minimum absolute atomic E-state index is 0.434. The molecule has 6 aromatic rings. The van der Waals surface area contributed by atoms with Crippen LogP contribution in [0.1, 0.15) is 11.1 Å². The summed E-state index contributed by atoms with van der Waals surface area (Å²) >= 11 is 0. The number of nitrogens with zero attached hydrogens (tertiary/aromatic N) is 3. The molecule has 0 bridgehead atoms. The summed E-state index contributed by atoms with van der Waals surface area (Å²) in [6.07, 6.45) is 0. The maximum absolute atomic E-state index is 10.1. The normalized spacial score (nSPS) is 11.1. The van der Waals surface area contributed by atoms with Gasteiger partial charge in [-0.2, -0.15) is 10.5 Å². The summed E-state index contributed by atoms with van der Waals surface area (Å²) in [4.78, 5) is 0. The van der Waals surface area contributed by atoms with E-state index in [1.165, 1.54) is 0 Å². The highest BCUT2D eigenvalue weighted by molar-refractivity contribution is 6.12. The van der Waals surface area contributed by atoms with Gasteiger partial charge in [0.1, 0.15) is 31.1 Å². The van der Waals surface area contributed by atoms with E-state index in [4.69, 9.17) is 23.7 Å². The standard InChI is InChI=1S/C42H39N3O6/c1-46-18-20-48-22-24-50-36-12-6-30(7-13-36)32-10-16-40-38(26-32)39-27-33(31-8-14-37(15-9-31)51-25-23-49-21-19-47-2)11-17-41(39)45(40)42-34(28-43)4-3-5-35(42)29-44/h3-17,26-27H,18-25H2,1-2H3/p+1. The lowest BCUT2D eigenvalue weighted by atomic mass is 10.00. The highest BCUT2D eigenvalue weighted by Crippen LogP contribution is 2.39. The molecule has 0 amide bonds. The van der Waals surface area contributed by atoms with Crippen LogP contribution in [0.25, 0.3) is 49.7 Å². The Morgan fingerprint density at radius 2 is 1.08 bits per heavy atom. The van der Waals surface area contributed by atoms with Crippen molar-refractivity contribution in [3.63, 3.8) is 0 Å². The molecule has 9 nitrogen and oxygen atoms in total. The van der Waals surface area contributed by atoms with Crippen LogP contribution in [0.3, 0.4) is 0 Å². The van der Waals surface area contributed by atoms with Crippen molar-refractivity contribution in [2.75, 3.05) is 67.1 Å². The van der Waals surface area contributed by atoms with Crippen LogP contribution in [0.15, 0.2) is 103 Å². The molecule has 0 spiro atoms. The summed E-state index contributed by atoms with van der Waals surface area (Å²) in [5.41, 5.74) is 7.43. The molecule has 0 fully saturated rings. The van der Waals surface area contributed by atoms with Crippen molar-refractivity contribution < 1.29 is 28.4 Å². The topological polar surface area (TPSA) is 111 Å². The lowest BCUT2D eigenvalue weighted by Gasteiger charge is -2.12. The summed E-state index contributed by atoms with van der Waals surface area (Å²) in [7, 11) is 3.30. The quantitative estimate of drug-likeness (QED) is 0.0713. The van der Waals surface area contributed by atoms with Gasteiger partial charge in [0.15, 0.2) is 6.61 Å². The molecule has 51 heavy (non-hydrogen) atoms. The van der Waals surface area contributed by atoms with Crippen LogP contribution in [-0.4, -0.2) is 76.4 Å². The van der Waals surface area contributed by atoms with E-state index in [-0.39, 0.29) is 0 Å². The van der Waals surface area contributed by atoms with Crippen molar-refractivity contribution in [3.8, 4) is 51.6 Å². The fourth-order valence-corrected chi connectivity index (χ4v) is 6.04. The zero-order valence-electron chi connectivity index (χ0n) is 28.8. The molecule has 0 aliphatic carbocycles. The molecule has 0 aliphatic heterocycles. The number of methoxy groups -OCH3 is 2. The summed E-state index contributed by atoms with van der Waals surface area (Å²) in [5, 5.41) is 22.2. The first-order chi connectivity index (χ1) is 25.1. The van der Waals surface area contributed by atoms with E-state index in [0.717, 1.165) is 55.6 Å². The van der Waals surface area contributed by atoms with Gasteiger partial charge in [-0.15, -0.1) is 0 Å². The number of hydrogen-bond acceptors (Lipinski definition) is 7. The molecule has 0 radical (unpaired) electrons. The second-order valence-electron chi connectivity index (χ2n) is 11.7. The van der Waals surface area contributed by atoms with Crippen molar-refractivity contribution >= 4 is 21.8 Å². The van der Waals surface area contributed by atoms with Gasteiger partial charge in [0, 0.05) is 37.1 Å². The molecule has 0 unspecified atom stereocenters. The van der Waals surface area contributed by atoms with Crippen LogP contribution in [0.4, 0.5) is 0 Å². The number of fused-ring (bicyclic) bond motifs is 3. The molecular weight excluding hydrogens is 642 g/mol. The molecule has 9 heteroatoms. The van der Waals surface area contributed by atoms with Crippen molar-refractivity contribution in [1.29, 1.82) is 10.5 Å². The van der Waals surface area contributed by atoms with Crippen molar-refractivity contribution in [3.05, 3.63) is 114 Å². The third-order valence-electron chi connectivity index (χ3n) is 8.54. The van der Waals surface area contributed by atoms with Crippen LogP contribution in [0.5, 0.6) is 11.5 Å². The van der Waals surface area contributed by atoms with Crippen LogP contribution in [0, 0.1) is 22.7 Å². The average Bonchev–Trinajstić information content (AvgIpc) is 3.50. The van der Waals surface area contributed by atoms with E-state index < -0.39 is 0 Å². The van der Waals surface area contributed by atoms with Gasteiger partial charge in [-0.3, -0.25) is 0 Å². The van der Waals surface area contributed by atoms with Crippen LogP contribution in [0.2, 0.25) is 0 Å². The second kappa shape index (κ2) is 17.3. The Morgan fingerprint density at radius 3 is 1.63 bits per heavy atom. The first-order valence-electron chi connectivity index (χ1n) is 16.8. The number of nitriles is 2. The molecule has 1 heterocycles. The lowest BCUT2D eigenvalue weighted by molar-refractivity contribution is -0.00674. The largest absolute Gasteiger partial charge is 0.581 e. The molecule has 0 saturated heterocycles. The Kier molecular flexibility index (Phi) is 11.9. The molecule has 0 aliphatic rings. The SMILES string of the molecule is COCCOCCOc1ccc(-c2ccc3c(c2)c2cc(-c4ccc([OH+]CCOCCOC)cc4)ccc2n3-c2c(C#N)cccc2C#N)cc1. The maximum atomic E-state index is 10.1. The van der Waals surface area contributed by atoms with E-state index in [9.17, 15) is 10.5 Å². The van der Waals surface area contributed by atoms with E-state index in [2.05, 4.69) is 65.4 Å². The molecule has 0 saturated carbocycles. The highest BCUT2D eigenvalue weighted by atomic mass is 16.5. The number of aromatic hydroxyl groups is 1. The Hall–Kier alpha value is -5.68. The fourth-order valence-electron chi connectivity index (χ4n) is 6.04. The van der Waals surface area contributed by atoms with Crippen molar-refractivity contribution in [1.82, 2.24) is 4.57 Å². The predicted molar refractivity (Wildman–Crippen MR) is 198 cm³/mol. The maximum Gasteiger partial charge on any atom is 0.254 e. The zero-order valence-corrected chi connectivity index (χ0v) is 28.8. The van der Waals surface area contributed by atoms with E-state index in [1.807, 2.05) is 41.0 Å². The predicted octanol–water partition coefficient (Wildman–Crippen LogP) is 7.81. The van der Waals surface area contributed by atoms with E-state index >= 15 is 0 Å². The minimum Gasteiger partial charge on any atom is -0.581 e. The molecule has 1 aromatic heterocycles. The minimum atomic E-state index is 0.434. The Balaban J connectivity index is 1.34. The number of para-hydroxylation sites is 1. The number of hydrogen-bond donors (Lipinski definition) is 0. The van der Waals surface area contributed by atoms with E-state index in [1.54, 1.807) is 32.4 Å². The molecule has 5 aromatic carbocycles. The molecule has 6 rings (SSSR count). The van der Waals surface area contributed by atoms with Crippen molar-refractivity contribution in [2.24, 2.45) is 0 Å². The monoisotopic (exact) mass is 682 g/mol. The van der Waals surface area contributed by atoms with Gasteiger partial charge in [0.05, 0.1) is 60.9 Å². The third kappa shape index (κ3) is 8.21. The fraction of sp³-hybridized carbons (Fsp3) is 0.238. The number of aromatic nitrogens is 1. The molecular formula is C42H40N3O6+. The summed E-state index contributed by atoms with van der Waals surface area (Å²) < 4.78 is 33.6. The van der Waals surface area contributed by atoms with Crippen LogP contribution >= 0.6 is 0 Å². The summed E-state index contributed by atoms with van der Waals surface area (Å²) in [6.45, 7) is 4.27. The number of ether oxygens (including phenoxy) is 6. The van der Waals surface area contributed by atoms with Crippen molar-refractivity contribution in [2.45, 2.75) is 0 Å². The van der Waals surface area contributed by atoms with Gasteiger partial charge in [-0.05, 0) is 82.9 Å². The van der Waals surface area contributed by atoms with Crippen LogP contribution < -0.4 is 4.74 Å². The average molecular weight is 683 g/mol. The Labute approximate surface area is 297 Å². The molecule has 0 atom stereocenters. The molecule has 1 N–H and O–H groups in total. The van der Waals surface area contributed by atoms with E-state index in [0.29, 0.717) is 69.7 Å². The first kappa shape index (κ1) is 35.2. The number of rotatable bonds is 17. The van der Waals surface area contributed by atoms with Gasteiger partial charge in [-0.1, -0.05) is 30.3 Å². The van der Waals surface area contributed by atoms with Gasteiger partial charge >= 0.3 is 0 Å². The number of aliphatic hydroxyl groups is 1. The highest BCUT2D eigenvalue weighted by Gasteiger charge is 2.19. The molecule has 258 valence electrons. The van der Waals surface area contributed by atoms with Gasteiger partial charge in [-0.25, -0.2) is 0 Å². The first-order valence-corrected chi connectivity index (χ1v) is 16.8. The number of benzene rings is 5. The van der Waals surface area contributed by atoms with Crippen LogP contribution in [-0.2, 0) is 18.9 Å². The van der Waals surface area contributed by atoms with Gasteiger partial charge < -0.3 is 33.0 Å². The Bertz CT molecular complexity index is 2010. The lowest BCUT2D eigenvalue weighted by Crippen LogP contribution is -2.09. The van der Waals surface area contributed by atoms with Gasteiger partial charge in [0.2, 0.25) is 0 Å².